The Morgan fingerprint density at radius 2 is 2.11 bits per heavy atom. The van der Waals surface area contributed by atoms with Crippen LogP contribution in [0.15, 0.2) is 0 Å². The minimum absolute atomic E-state index is 0.0249. The predicted octanol–water partition coefficient (Wildman–Crippen LogP) is 0.931. The molecule has 5 nitrogen and oxygen atoms in total. The molecule has 0 aromatic heterocycles. The molecule has 0 aliphatic carbocycles. The zero-order valence-electron chi connectivity index (χ0n) is 11.6. The van der Waals surface area contributed by atoms with Crippen LogP contribution in [0.1, 0.15) is 39.5 Å². The van der Waals surface area contributed by atoms with Crippen molar-refractivity contribution in [2.75, 3.05) is 26.2 Å². The summed E-state index contributed by atoms with van der Waals surface area (Å²) < 4.78 is 0. The molecule has 106 valence electrons. The number of hydrogen-bond donors (Lipinski definition) is 3. The number of aliphatic hydroxyl groups excluding tert-OH is 1. The van der Waals surface area contributed by atoms with Crippen LogP contribution in [0.25, 0.3) is 0 Å². The lowest BCUT2D eigenvalue weighted by Crippen LogP contribution is -2.50. The molecular formula is C13H27N3O2. The molecule has 3 N–H and O–H groups in total. The Hall–Kier alpha value is -0.810. The SMILES string of the molecule is CCCCN1CCC(NC(=O)N[C@@H](C)CO)CC1. The van der Waals surface area contributed by atoms with Crippen LogP contribution in [0.5, 0.6) is 0 Å². The van der Waals surface area contributed by atoms with Gasteiger partial charge in [0.1, 0.15) is 0 Å². The van der Waals surface area contributed by atoms with Crippen molar-refractivity contribution >= 4 is 6.03 Å². The van der Waals surface area contributed by atoms with Gasteiger partial charge in [-0.2, -0.15) is 0 Å². The average molecular weight is 257 g/mol. The summed E-state index contributed by atoms with van der Waals surface area (Å²) in [5, 5.41) is 14.5. The number of rotatable bonds is 6. The van der Waals surface area contributed by atoms with E-state index in [0.29, 0.717) is 0 Å². The van der Waals surface area contributed by atoms with Crippen LogP contribution in [0.2, 0.25) is 0 Å². The molecule has 1 aliphatic rings. The number of carbonyl (C=O) groups excluding carboxylic acids is 1. The Morgan fingerprint density at radius 1 is 1.44 bits per heavy atom. The highest BCUT2D eigenvalue weighted by atomic mass is 16.3. The zero-order chi connectivity index (χ0) is 13.4. The third-order valence-electron chi connectivity index (χ3n) is 3.40. The quantitative estimate of drug-likeness (QED) is 0.663. The summed E-state index contributed by atoms with van der Waals surface area (Å²) in [6.07, 6.45) is 4.53. The monoisotopic (exact) mass is 257 g/mol. The highest BCUT2D eigenvalue weighted by Gasteiger charge is 2.20. The van der Waals surface area contributed by atoms with Crippen molar-refractivity contribution in [1.82, 2.24) is 15.5 Å². The van der Waals surface area contributed by atoms with E-state index in [-0.39, 0.29) is 24.7 Å². The molecule has 1 heterocycles. The van der Waals surface area contributed by atoms with Crippen molar-refractivity contribution < 1.29 is 9.90 Å². The summed E-state index contributed by atoms with van der Waals surface area (Å²) >= 11 is 0. The lowest BCUT2D eigenvalue weighted by molar-refractivity contribution is 0.186. The molecule has 0 saturated carbocycles. The maximum atomic E-state index is 11.6. The smallest absolute Gasteiger partial charge is 0.315 e. The Labute approximate surface area is 110 Å². The van der Waals surface area contributed by atoms with Gasteiger partial charge in [0, 0.05) is 19.1 Å². The molecule has 1 saturated heterocycles. The molecular weight excluding hydrogens is 230 g/mol. The van der Waals surface area contributed by atoms with Crippen LogP contribution in [0.3, 0.4) is 0 Å². The molecule has 0 spiro atoms. The van der Waals surface area contributed by atoms with Crippen LogP contribution in [0, 0.1) is 0 Å². The van der Waals surface area contributed by atoms with E-state index in [1.165, 1.54) is 19.4 Å². The van der Waals surface area contributed by atoms with E-state index < -0.39 is 0 Å². The predicted molar refractivity (Wildman–Crippen MR) is 72.6 cm³/mol. The fraction of sp³-hybridized carbons (Fsp3) is 0.923. The number of hydrogen-bond acceptors (Lipinski definition) is 3. The standard InChI is InChI=1S/C13H27N3O2/c1-3-4-7-16-8-5-12(6-9-16)15-13(18)14-11(2)10-17/h11-12,17H,3-10H2,1-2H3,(H2,14,15,18)/t11-/m0/s1. The summed E-state index contributed by atoms with van der Waals surface area (Å²) in [7, 11) is 0. The summed E-state index contributed by atoms with van der Waals surface area (Å²) in [5.74, 6) is 0. The molecule has 1 aliphatic heterocycles. The lowest BCUT2D eigenvalue weighted by atomic mass is 10.0. The number of nitrogens with zero attached hydrogens (tertiary/aromatic N) is 1. The minimum Gasteiger partial charge on any atom is -0.394 e. The Kier molecular flexibility index (Phi) is 7.05. The van der Waals surface area contributed by atoms with Gasteiger partial charge in [0.25, 0.3) is 0 Å². The topological polar surface area (TPSA) is 64.6 Å². The second kappa shape index (κ2) is 8.32. The van der Waals surface area contributed by atoms with Crippen molar-refractivity contribution in [3.8, 4) is 0 Å². The number of amides is 2. The molecule has 1 fully saturated rings. The maximum Gasteiger partial charge on any atom is 0.315 e. The molecule has 0 aromatic carbocycles. The van der Waals surface area contributed by atoms with Gasteiger partial charge in [0.05, 0.1) is 12.6 Å². The number of unbranched alkanes of at least 4 members (excludes halogenated alkanes) is 1. The van der Waals surface area contributed by atoms with Gasteiger partial charge in [-0.3, -0.25) is 0 Å². The summed E-state index contributed by atoms with van der Waals surface area (Å²) in [6, 6.07) is -0.0769. The summed E-state index contributed by atoms with van der Waals surface area (Å²) in [4.78, 5) is 14.1. The van der Waals surface area contributed by atoms with Crippen LogP contribution in [-0.2, 0) is 0 Å². The van der Waals surface area contributed by atoms with Crippen molar-refractivity contribution in [3.63, 3.8) is 0 Å². The first-order valence-corrected chi connectivity index (χ1v) is 7.06. The summed E-state index contributed by atoms with van der Waals surface area (Å²) in [5.41, 5.74) is 0. The van der Waals surface area contributed by atoms with Gasteiger partial charge in [0.2, 0.25) is 0 Å². The first-order valence-electron chi connectivity index (χ1n) is 7.06. The Balaban J connectivity index is 2.16. The number of aliphatic hydroxyl groups is 1. The second-order valence-corrected chi connectivity index (χ2v) is 5.17. The number of nitrogens with one attached hydrogen (secondary N) is 2. The largest absolute Gasteiger partial charge is 0.394 e. The molecule has 0 aromatic rings. The fourth-order valence-electron chi connectivity index (χ4n) is 2.18. The van der Waals surface area contributed by atoms with Gasteiger partial charge in [-0.05, 0) is 32.7 Å². The van der Waals surface area contributed by atoms with E-state index >= 15 is 0 Å². The second-order valence-electron chi connectivity index (χ2n) is 5.17. The molecule has 18 heavy (non-hydrogen) atoms. The highest BCUT2D eigenvalue weighted by molar-refractivity contribution is 5.74. The van der Waals surface area contributed by atoms with Crippen molar-refractivity contribution in [3.05, 3.63) is 0 Å². The zero-order valence-corrected chi connectivity index (χ0v) is 11.6. The molecule has 5 heteroatoms. The van der Waals surface area contributed by atoms with Crippen molar-refractivity contribution in [2.45, 2.75) is 51.6 Å². The van der Waals surface area contributed by atoms with Crippen LogP contribution in [-0.4, -0.2) is 54.4 Å². The number of piperidine rings is 1. The van der Waals surface area contributed by atoms with Gasteiger partial charge in [0.15, 0.2) is 0 Å². The fourth-order valence-corrected chi connectivity index (χ4v) is 2.18. The number of carbonyl (C=O) groups is 1. The van der Waals surface area contributed by atoms with Gasteiger partial charge in [-0.1, -0.05) is 13.3 Å². The molecule has 0 bridgehead atoms. The third-order valence-corrected chi connectivity index (χ3v) is 3.40. The van der Waals surface area contributed by atoms with E-state index in [4.69, 9.17) is 5.11 Å². The van der Waals surface area contributed by atoms with E-state index in [1.807, 2.05) is 0 Å². The Morgan fingerprint density at radius 3 is 2.67 bits per heavy atom. The van der Waals surface area contributed by atoms with Gasteiger partial charge < -0.3 is 20.6 Å². The van der Waals surface area contributed by atoms with Crippen molar-refractivity contribution in [1.29, 1.82) is 0 Å². The van der Waals surface area contributed by atoms with Crippen LogP contribution in [0.4, 0.5) is 4.79 Å². The van der Waals surface area contributed by atoms with Gasteiger partial charge in [-0.15, -0.1) is 0 Å². The minimum atomic E-state index is -0.186. The Bertz CT molecular complexity index is 240. The van der Waals surface area contributed by atoms with E-state index in [2.05, 4.69) is 22.5 Å². The molecule has 2 amide bonds. The normalized spacial score (nSPS) is 19.5. The molecule has 1 rings (SSSR count). The molecule has 0 unspecified atom stereocenters. The molecule has 1 atom stereocenters. The maximum absolute atomic E-state index is 11.6. The van der Waals surface area contributed by atoms with Gasteiger partial charge in [-0.25, -0.2) is 4.79 Å². The lowest BCUT2D eigenvalue weighted by Gasteiger charge is -2.32. The number of urea groups is 1. The van der Waals surface area contributed by atoms with Crippen LogP contribution >= 0.6 is 0 Å². The average Bonchev–Trinajstić information content (AvgIpc) is 2.37. The summed E-state index contributed by atoms with van der Waals surface area (Å²) in [6.45, 7) is 7.29. The van der Waals surface area contributed by atoms with Crippen molar-refractivity contribution in [2.24, 2.45) is 0 Å². The highest BCUT2D eigenvalue weighted by Crippen LogP contribution is 2.10. The first kappa shape index (κ1) is 15.2. The van der Waals surface area contributed by atoms with Gasteiger partial charge >= 0.3 is 6.03 Å². The molecule has 0 radical (unpaired) electrons. The first-order chi connectivity index (χ1) is 8.65. The third kappa shape index (κ3) is 5.69. The van der Waals surface area contributed by atoms with E-state index in [1.54, 1.807) is 6.92 Å². The van der Waals surface area contributed by atoms with E-state index in [9.17, 15) is 4.79 Å². The number of likely N-dealkylation sites (tertiary alicyclic amines) is 1. The van der Waals surface area contributed by atoms with Crippen LogP contribution < -0.4 is 10.6 Å². The van der Waals surface area contributed by atoms with E-state index in [0.717, 1.165) is 25.9 Å².